The number of carbonyl (C=O) groups is 1. The van der Waals surface area contributed by atoms with E-state index in [1.807, 2.05) is 19.9 Å². The van der Waals surface area contributed by atoms with Gasteiger partial charge in [0.1, 0.15) is 0 Å². The van der Waals surface area contributed by atoms with Gasteiger partial charge in [0, 0.05) is 18.0 Å². The molecule has 0 unspecified atom stereocenters. The predicted molar refractivity (Wildman–Crippen MR) is 59.3 cm³/mol. The molecule has 76 valence electrons. The normalized spacial score (nSPS) is 10.3. The lowest BCUT2D eigenvalue weighted by atomic mass is 10.1. The number of nitrogens with zero attached hydrogens (tertiary/aromatic N) is 2. The first-order valence-electron chi connectivity index (χ1n) is 4.57. The molecule has 0 atom stereocenters. The van der Waals surface area contributed by atoms with Crippen molar-refractivity contribution in [3.63, 3.8) is 0 Å². The van der Waals surface area contributed by atoms with Crippen molar-refractivity contribution in [3.05, 3.63) is 46.2 Å². The van der Waals surface area contributed by atoms with Crippen LogP contribution in [0.5, 0.6) is 0 Å². The van der Waals surface area contributed by atoms with Crippen LogP contribution < -0.4 is 0 Å². The van der Waals surface area contributed by atoms with Crippen LogP contribution in [0.4, 0.5) is 0 Å². The maximum atomic E-state index is 12.0. The van der Waals surface area contributed by atoms with Crippen LogP contribution in [0.3, 0.4) is 0 Å². The summed E-state index contributed by atoms with van der Waals surface area (Å²) in [6.07, 6.45) is 3.33. The molecule has 0 spiro atoms. The number of carbonyl (C=O) groups excluding carboxylic acids is 1. The summed E-state index contributed by atoms with van der Waals surface area (Å²) in [7, 11) is 0. The second kappa shape index (κ2) is 3.90. The molecule has 3 nitrogen and oxygen atoms in total. The molecule has 0 saturated carbocycles. The zero-order chi connectivity index (χ0) is 10.8. The zero-order valence-corrected chi connectivity index (χ0v) is 9.34. The number of rotatable bonds is 2. The van der Waals surface area contributed by atoms with Crippen LogP contribution in [0.1, 0.15) is 26.5 Å². The fourth-order valence-corrected chi connectivity index (χ4v) is 2.04. The lowest BCUT2D eigenvalue weighted by molar-refractivity contribution is 0.104. The zero-order valence-electron chi connectivity index (χ0n) is 8.52. The van der Waals surface area contributed by atoms with Crippen LogP contribution in [0.2, 0.25) is 0 Å². The Bertz CT molecular complexity index is 505. The molecule has 15 heavy (non-hydrogen) atoms. The van der Waals surface area contributed by atoms with Gasteiger partial charge in [-0.25, -0.2) is 0 Å². The average molecular weight is 218 g/mol. The topological polar surface area (TPSA) is 42.9 Å². The summed E-state index contributed by atoms with van der Waals surface area (Å²) in [6, 6.07) is 3.56. The maximum absolute atomic E-state index is 12.0. The van der Waals surface area contributed by atoms with Gasteiger partial charge in [-0.1, -0.05) is 0 Å². The summed E-state index contributed by atoms with van der Waals surface area (Å²) < 4.78 is 4.10. The first-order chi connectivity index (χ1) is 7.18. The van der Waals surface area contributed by atoms with Crippen molar-refractivity contribution >= 4 is 17.3 Å². The number of hydrogen-bond donors (Lipinski definition) is 0. The minimum atomic E-state index is 0.0282. The van der Waals surface area contributed by atoms with Crippen LogP contribution in [0.15, 0.2) is 24.5 Å². The molecule has 2 rings (SSSR count). The van der Waals surface area contributed by atoms with Crippen LogP contribution in [0, 0.1) is 13.8 Å². The molecule has 0 amide bonds. The van der Waals surface area contributed by atoms with Crippen molar-refractivity contribution in [2.45, 2.75) is 13.8 Å². The molecule has 0 aromatic carbocycles. The van der Waals surface area contributed by atoms with Crippen molar-refractivity contribution in [2.24, 2.45) is 0 Å². The number of aryl methyl sites for hydroxylation is 2. The Hall–Kier alpha value is -1.55. The molecule has 2 heterocycles. The first-order valence-corrected chi connectivity index (χ1v) is 5.34. The summed E-state index contributed by atoms with van der Waals surface area (Å²) >= 11 is 1.24. The summed E-state index contributed by atoms with van der Waals surface area (Å²) in [5.41, 5.74) is 2.48. The van der Waals surface area contributed by atoms with Gasteiger partial charge in [0.15, 0.2) is 0 Å². The smallest absolute Gasteiger partial charge is 0.204 e. The molecule has 2 aromatic rings. The highest BCUT2D eigenvalue weighted by Crippen LogP contribution is 2.16. The summed E-state index contributed by atoms with van der Waals surface area (Å²) in [5, 5.41) is 0. The third kappa shape index (κ3) is 1.94. The van der Waals surface area contributed by atoms with Gasteiger partial charge in [-0.3, -0.25) is 9.78 Å². The third-order valence-electron chi connectivity index (χ3n) is 2.12. The lowest BCUT2D eigenvalue weighted by Crippen LogP contribution is -2.01. The van der Waals surface area contributed by atoms with Crippen LogP contribution >= 0.6 is 11.5 Å². The van der Waals surface area contributed by atoms with Crippen molar-refractivity contribution in [3.8, 4) is 0 Å². The predicted octanol–water partition coefficient (Wildman–Crippen LogP) is 2.39. The Kier molecular flexibility index (Phi) is 2.60. The highest BCUT2D eigenvalue weighted by Gasteiger charge is 2.13. The van der Waals surface area contributed by atoms with E-state index < -0.39 is 0 Å². The number of pyridine rings is 1. The van der Waals surface area contributed by atoms with Crippen LogP contribution in [0.25, 0.3) is 0 Å². The molecular weight excluding hydrogens is 208 g/mol. The monoisotopic (exact) mass is 218 g/mol. The van der Waals surface area contributed by atoms with E-state index in [1.54, 1.807) is 18.5 Å². The van der Waals surface area contributed by atoms with Crippen LogP contribution in [-0.4, -0.2) is 15.1 Å². The van der Waals surface area contributed by atoms with E-state index in [-0.39, 0.29) is 5.78 Å². The van der Waals surface area contributed by atoms with E-state index in [1.165, 1.54) is 11.5 Å². The van der Waals surface area contributed by atoms with Crippen LogP contribution in [-0.2, 0) is 0 Å². The molecule has 2 aromatic heterocycles. The SMILES string of the molecule is Cc1cc(C(=O)c2ccncc2C)sn1. The Morgan fingerprint density at radius 1 is 1.40 bits per heavy atom. The minimum absolute atomic E-state index is 0.0282. The van der Waals surface area contributed by atoms with Crippen molar-refractivity contribution in [1.82, 2.24) is 9.36 Å². The largest absolute Gasteiger partial charge is 0.288 e. The van der Waals surface area contributed by atoms with E-state index in [4.69, 9.17) is 0 Å². The second-order valence-corrected chi connectivity index (χ2v) is 4.16. The molecule has 0 aliphatic carbocycles. The van der Waals surface area contributed by atoms with Gasteiger partial charge in [0.25, 0.3) is 0 Å². The Morgan fingerprint density at radius 2 is 2.20 bits per heavy atom. The fraction of sp³-hybridized carbons (Fsp3) is 0.182. The number of ketones is 1. The number of hydrogen-bond acceptors (Lipinski definition) is 4. The van der Waals surface area contributed by atoms with E-state index >= 15 is 0 Å². The molecule has 0 aliphatic heterocycles. The van der Waals surface area contributed by atoms with E-state index in [9.17, 15) is 4.79 Å². The van der Waals surface area contributed by atoms with Gasteiger partial charge < -0.3 is 0 Å². The van der Waals surface area contributed by atoms with Gasteiger partial charge in [-0.05, 0) is 43.1 Å². The molecular formula is C11H10N2OS. The second-order valence-electron chi connectivity index (χ2n) is 3.35. The molecule has 0 radical (unpaired) electrons. The van der Waals surface area contributed by atoms with Gasteiger partial charge in [0.2, 0.25) is 5.78 Å². The fourth-order valence-electron chi connectivity index (χ4n) is 1.33. The van der Waals surface area contributed by atoms with Gasteiger partial charge in [-0.2, -0.15) is 4.37 Å². The highest BCUT2D eigenvalue weighted by molar-refractivity contribution is 7.08. The standard InChI is InChI=1S/C11H10N2OS/c1-7-6-12-4-3-9(7)11(14)10-5-8(2)13-15-10/h3-6H,1-2H3. The van der Waals surface area contributed by atoms with Gasteiger partial charge in [-0.15, -0.1) is 0 Å². The number of aromatic nitrogens is 2. The quantitative estimate of drug-likeness (QED) is 0.727. The van der Waals surface area contributed by atoms with Gasteiger partial charge >= 0.3 is 0 Å². The lowest BCUT2D eigenvalue weighted by Gasteiger charge is -2.00. The van der Waals surface area contributed by atoms with E-state index in [2.05, 4.69) is 9.36 Å². The first kappa shape index (κ1) is 9.98. The third-order valence-corrected chi connectivity index (χ3v) is 3.00. The molecule has 0 fully saturated rings. The molecule has 4 heteroatoms. The maximum Gasteiger partial charge on any atom is 0.204 e. The van der Waals surface area contributed by atoms with E-state index in [0.717, 1.165) is 11.3 Å². The summed E-state index contributed by atoms with van der Waals surface area (Å²) in [5.74, 6) is 0.0282. The molecule has 0 saturated heterocycles. The molecule has 0 N–H and O–H groups in total. The Labute approximate surface area is 92.0 Å². The van der Waals surface area contributed by atoms with Crippen molar-refractivity contribution in [1.29, 1.82) is 0 Å². The Balaban J connectivity index is 2.41. The van der Waals surface area contributed by atoms with Crippen molar-refractivity contribution in [2.75, 3.05) is 0 Å². The Morgan fingerprint density at radius 3 is 2.80 bits per heavy atom. The van der Waals surface area contributed by atoms with Gasteiger partial charge in [0.05, 0.1) is 10.6 Å². The summed E-state index contributed by atoms with van der Waals surface area (Å²) in [4.78, 5) is 16.7. The highest BCUT2D eigenvalue weighted by atomic mass is 32.1. The minimum Gasteiger partial charge on any atom is -0.288 e. The molecule has 0 bridgehead atoms. The van der Waals surface area contributed by atoms with E-state index in [0.29, 0.717) is 10.4 Å². The van der Waals surface area contributed by atoms with Crippen molar-refractivity contribution < 1.29 is 4.79 Å². The average Bonchev–Trinajstić information content (AvgIpc) is 2.65. The summed E-state index contributed by atoms with van der Waals surface area (Å²) in [6.45, 7) is 3.76. The molecule has 0 aliphatic rings.